The highest BCUT2D eigenvalue weighted by atomic mass is 16.5. The predicted octanol–water partition coefficient (Wildman–Crippen LogP) is 2.11. The summed E-state index contributed by atoms with van der Waals surface area (Å²) in [6.45, 7) is 4.30. The zero-order valence-electron chi connectivity index (χ0n) is 16.2. The van der Waals surface area contributed by atoms with Crippen LogP contribution in [0.25, 0.3) is 0 Å². The van der Waals surface area contributed by atoms with Crippen LogP contribution in [-0.2, 0) is 6.54 Å². The number of anilines is 1. The van der Waals surface area contributed by atoms with Gasteiger partial charge in [0.15, 0.2) is 0 Å². The number of ether oxygens (including phenoxy) is 1. The first kappa shape index (κ1) is 19.1. The number of amides is 1. The van der Waals surface area contributed by atoms with E-state index in [0.717, 1.165) is 37.2 Å². The van der Waals surface area contributed by atoms with Crippen LogP contribution in [0.4, 0.5) is 5.95 Å². The molecule has 2 heterocycles. The third-order valence-electron chi connectivity index (χ3n) is 5.13. The van der Waals surface area contributed by atoms with Gasteiger partial charge in [0.2, 0.25) is 5.95 Å². The summed E-state index contributed by atoms with van der Waals surface area (Å²) in [5.41, 5.74) is 7.84. The van der Waals surface area contributed by atoms with Gasteiger partial charge in [-0.15, -0.1) is 0 Å². The highest BCUT2D eigenvalue weighted by Crippen LogP contribution is 2.23. The van der Waals surface area contributed by atoms with Gasteiger partial charge >= 0.3 is 0 Å². The lowest BCUT2D eigenvalue weighted by Gasteiger charge is -2.37. The van der Waals surface area contributed by atoms with Crippen LogP contribution < -0.4 is 10.5 Å². The average Bonchev–Trinajstić information content (AvgIpc) is 2.67. The Kier molecular flexibility index (Phi) is 5.91. The minimum Gasteiger partial charge on any atom is -0.497 e. The van der Waals surface area contributed by atoms with Crippen LogP contribution in [0.2, 0.25) is 0 Å². The van der Waals surface area contributed by atoms with Gasteiger partial charge in [0.05, 0.1) is 18.4 Å². The maximum atomic E-state index is 13.4. The number of aryl methyl sites for hydroxylation is 1. The number of carbonyl (C=O) groups is 1. The fourth-order valence-corrected chi connectivity index (χ4v) is 3.45. The molecule has 7 nitrogen and oxygen atoms in total. The van der Waals surface area contributed by atoms with Gasteiger partial charge in [0.1, 0.15) is 5.75 Å². The van der Waals surface area contributed by atoms with E-state index in [-0.39, 0.29) is 17.9 Å². The van der Waals surface area contributed by atoms with E-state index in [1.807, 2.05) is 29.2 Å². The van der Waals surface area contributed by atoms with E-state index >= 15 is 0 Å². The van der Waals surface area contributed by atoms with Gasteiger partial charge < -0.3 is 20.3 Å². The van der Waals surface area contributed by atoms with E-state index in [1.165, 1.54) is 6.20 Å². The molecule has 1 aliphatic heterocycles. The fraction of sp³-hybridized carbons (Fsp3) is 0.450. The van der Waals surface area contributed by atoms with Crippen LogP contribution in [0.1, 0.15) is 34.5 Å². The standard InChI is InChI=1S/C20H27N5O2/c1-14-18(12-22-20(21)23-14)19(26)25(16-8-10-24(2)11-9-16)13-15-4-6-17(27-3)7-5-15/h4-7,12,16H,8-11,13H2,1-3H3,(H2,21,22,23). The van der Waals surface area contributed by atoms with Crippen molar-refractivity contribution in [3.63, 3.8) is 0 Å². The minimum atomic E-state index is -0.0436. The summed E-state index contributed by atoms with van der Waals surface area (Å²) >= 11 is 0. The summed E-state index contributed by atoms with van der Waals surface area (Å²) in [5, 5.41) is 0. The molecule has 1 aromatic carbocycles. The number of nitrogens with two attached hydrogens (primary N) is 1. The Labute approximate surface area is 160 Å². The molecule has 1 aliphatic rings. The molecule has 1 saturated heterocycles. The van der Waals surface area contributed by atoms with Crippen molar-refractivity contribution in [1.82, 2.24) is 19.8 Å². The van der Waals surface area contributed by atoms with Crippen molar-refractivity contribution >= 4 is 11.9 Å². The van der Waals surface area contributed by atoms with Crippen molar-refractivity contribution < 1.29 is 9.53 Å². The summed E-state index contributed by atoms with van der Waals surface area (Å²) in [7, 11) is 3.76. The molecule has 1 fully saturated rings. The SMILES string of the molecule is COc1ccc(CN(C(=O)c2cnc(N)nc2C)C2CCN(C)CC2)cc1. The Morgan fingerprint density at radius 1 is 1.30 bits per heavy atom. The van der Waals surface area contributed by atoms with Crippen LogP contribution in [-0.4, -0.2) is 59.0 Å². The Balaban J connectivity index is 1.87. The Bertz CT molecular complexity index is 785. The zero-order chi connectivity index (χ0) is 19.4. The van der Waals surface area contributed by atoms with Crippen molar-refractivity contribution in [1.29, 1.82) is 0 Å². The van der Waals surface area contributed by atoms with Gasteiger partial charge in [-0.1, -0.05) is 12.1 Å². The first-order valence-corrected chi connectivity index (χ1v) is 9.19. The average molecular weight is 369 g/mol. The van der Waals surface area contributed by atoms with Crippen LogP contribution in [0, 0.1) is 6.92 Å². The van der Waals surface area contributed by atoms with Gasteiger partial charge in [0.25, 0.3) is 5.91 Å². The molecule has 0 radical (unpaired) electrons. The normalized spacial score (nSPS) is 15.5. The van der Waals surface area contributed by atoms with E-state index < -0.39 is 0 Å². The second-order valence-corrected chi connectivity index (χ2v) is 7.04. The van der Waals surface area contributed by atoms with Crippen molar-refractivity contribution in [2.45, 2.75) is 32.4 Å². The maximum Gasteiger partial charge on any atom is 0.257 e. The smallest absolute Gasteiger partial charge is 0.257 e. The molecule has 2 N–H and O–H groups in total. The highest BCUT2D eigenvalue weighted by Gasteiger charge is 2.29. The molecule has 1 amide bonds. The molecule has 2 aromatic rings. The van der Waals surface area contributed by atoms with Crippen molar-refractivity contribution in [3.05, 3.63) is 47.3 Å². The molecule has 0 unspecified atom stereocenters. The number of piperidine rings is 1. The van der Waals surface area contributed by atoms with E-state index in [2.05, 4.69) is 21.9 Å². The number of carbonyl (C=O) groups excluding carboxylic acids is 1. The van der Waals surface area contributed by atoms with Crippen molar-refractivity contribution in [2.75, 3.05) is 33.0 Å². The number of likely N-dealkylation sites (tertiary alicyclic amines) is 1. The van der Waals surface area contributed by atoms with Gasteiger partial charge in [-0.05, 0) is 57.6 Å². The molecule has 7 heteroatoms. The topological polar surface area (TPSA) is 84.6 Å². The van der Waals surface area contributed by atoms with E-state index in [0.29, 0.717) is 17.8 Å². The number of benzene rings is 1. The lowest BCUT2D eigenvalue weighted by atomic mass is 10.0. The fourth-order valence-electron chi connectivity index (χ4n) is 3.45. The van der Waals surface area contributed by atoms with Gasteiger partial charge in [-0.3, -0.25) is 4.79 Å². The summed E-state index contributed by atoms with van der Waals surface area (Å²) in [5.74, 6) is 0.946. The van der Waals surface area contributed by atoms with E-state index in [4.69, 9.17) is 10.5 Å². The number of aromatic nitrogens is 2. The maximum absolute atomic E-state index is 13.4. The Morgan fingerprint density at radius 3 is 2.56 bits per heavy atom. The predicted molar refractivity (Wildman–Crippen MR) is 105 cm³/mol. The second-order valence-electron chi connectivity index (χ2n) is 7.04. The lowest BCUT2D eigenvalue weighted by molar-refractivity contribution is 0.0568. The molecule has 0 atom stereocenters. The summed E-state index contributed by atoms with van der Waals surface area (Å²) < 4.78 is 5.23. The van der Waals surface area contributed by atoms with Gasteiger partial charge in [0, 0.05) is 18.8 Å². The van der Waals surface area contributed by atoms with Crippen molar-refractivity contribution in [2.24, 2.45) is 0 Å². The number of methoxy groups -OCH3 is 1. The van der Waals surface area contributed by atoms with Crippen LogP contribution in [0.5, 0.6) is 5.75 Å². The lowest BCUT2D eigenvalue weighted by Crippen LogP contribution is -2.46. The summed E-state index contributed by atoms with van der Waals surface area (Å²) in [4.78, 5) is 25.8. The van der Waals surface area contributed by atoms with Crippen LogP contribution in [0.15, 0.2) is 30.5 Å². The molecule has 0 bridgehead atoms. The third kappa shape index (κ3) is 4.54. The zero-order valence-corrected chi connectivity index (χ0v) is 16.2. The molecule has 0 saturated carbocycles. The Morgan fingerprint density at radius 2 is 1.96 bits per heavy atom. The quantitative estimate of drug-likeness (QED) is 0.869. The number of rotatable bonds is 5. The van der Waals surface area contributed by atoms with E-state index in [9.17, 15) is 4.79 Å². The molecular formula is C20H27N5O2. The third-order valence-corrected chi connectivity index (χ3v) is 5.13. The second kappa shape index (κ2) is 8.35. The van der Waals surface area contributed by atoms with Crippen LogP contribution >= 0.6 is 0 Å². The van der Waals surface area contributed by atoms with Crippen molar-refractivity contribution in [3.8, 4) is 5.75 Å². The van der Waals surface area contributed by atoms with E-state index in [1.54, 1.807) is 14.0 Å². The monoisotopic (exact) mass is 369 g/mol. The number of hydrogen-bond acceptors (Lipinski definition) is 6. The van der Waals surface area contributed by atoms with Gasteiger partial charge in [-0.25, -0.2) is 9.97 Å². The van der Waals surface area contributed by atoms with Crippen LogP contribution in [0.3, 0.4) is 0 Å². The highest BCUT2D eigenvalue weighted by molar-refractivity contribution is 5.95. The Hall–Kier alpha value is -2.67. The summed E-state index contributed by atoms with van der Waals surface area (Å²) in [6, 6.07) is 8.03. The number of nitrogen functional groups attached to an aromatic ring is 1. The molecule has 27 heavy (non-hydrogen) atoms. The first-order valence-electron chi connectivity index (χ1n) is 9.19. The molecular weight excluding hydrogens is 342 g/mol. The molecule has 1 aromatic heterocycles. The largest absolute Gasteiger partial charge is 0.497 e. The van der Waals surface area contributed by atoms with Gasteiger partial charge in [-0.2, -0.15) is 0 Å². The molecule has 3 rings (SSSR count). The minimum absolute atomic E-state index is 0.0436. The molecule has 144 valence electrons. The molecule has 0 spiro atoms. The number of nitrogens with zero attached hydrogens (tertiary/aromatic N) is 4. The summed E-state index contributed by atoms with van der Waals surface area (Å²) in [6.07, 6.45) is 3.44. The molecule has 0 aliphatic carbocycles. The first-order chi connectivity index (χ1) is 13.0. The number of hydrogen-bond donors (Lipinski definition) is 1.